The summed E-state index contributed by atoms with van der Waals surface area (Å²) in [7, 11) is 0. The lowest BCUT2D eigenvalue weighted by Crippen LogP contribution is -2.21. The molecule has 1 aromatic carbocycles. The minimum atomic E-state index is -2.96. The number of aromatic nitrogens is 2. The molecule has 0 bridgehead atoms. The number of alkyl halides is 2. The van der Waals surface area contributed by atoms with Gasteiger partial charge in [0, 0.05) is 17.3 Å². The second-order valence-electron chi connectivity index (χ2n) is 4.50. The van der Waals surface area contributed by atoms with Gasteiger partial charge in [0.1, 0.15) is 5.75 Å². The Morgan fingerprint density at radius 3 is 2.83 bits per heavy atom. The van der Waals surface area contributed by atoms with Gasteiger partial charge >= 0.3 is 6.61 Å². The van der Waals surface area contributed by atoms with Crippen LogP contribution in [0.2, 0.25) is 0 Å². The van der Waals surface area contributed by atoms with Crippen LogP contribution < -0.4 is 15.7 Å². The molecule has 2 aromatic rings. The summed E-state index contributed by atoms with van der Waals surface area (Å²) in [6.45, 7) is -2.96. The van der Waals surface area contributed by atoms with E-state index in [9.17, 15) is 18.4 Å². The third-order valence-corrected chi connectivity index (χ3v) is 2.90. The normalized spacial score (nSPS) is 11.0. The van der Waals surface area contributed by atoms with E-state index in [1.807, 2.05) is 0 Å². The first-order valence-electron chi connectivity index (χ1n) is 6.62. The van der Waals surface area contributed by atoms with Crippen LogP contribution in [0.4, 0.5) is 8.78 Å². The molecule has 1 amide bonds. The predicted octanol–water partition coefficient (Wildman–Crippen LogP) is 1.73. The molecule has 10 heteroatoms. The Bertz CT molecular complexity index is 835. The Labute approximate surface area is 139 Å². The molecule has 0 unspecified atom stereocenters. The lowest BCUT2D eigenvalue weighted by molar-refractivity contribution is -0.120. The summed E-state index contributed by atoms with van der Waals surface area (Å²) in [5.41, 5.74) is 2.38. The molecule has 126 valence electrons. The molecule has 1 heterocycles. The summed E-state index contributed by atoms with van der Waals surface area (Å²) in [5.74, 6) is -0.584. The first-order chi connectivity index (χ1) is 11.4. The van der Waals surface area contributed by atoms with Gasteiger partial charge in [-0.2, -0.15) is 13.9 Å². The molecule has 7 nitrogen and oxygen atoms in total. The zero-order valence-electron chi connectivity index (χ0n) is 12.1. The maximum atomic E-state index is 12.3. The van der Waals surface area contributed by atoms with Crippen molar-refractivity contribution >= 4 is 24.3 Å². The van der Waals surface area contributed by atoms with E-state index in [2.05, 4.69) is 25.2 Å². The summed E-state index contributed by atoms with van der Waals surface area (Å²) in [5, 5.41) is 3.68. The quantitative estimate of drug-likeness (QED) is 0.418. The monoisotopic (exact) mass is 354 g/mol. The lowest BCUT2D eigenvalue weighted by Gasteiger charge is -2.06. The first kappa shape index (κ1) is 17.5. The lowest BCUT2D eigenvalue weighted by atomic mass is 10.2. The van der Waals surface area contributed by atoms with Crippen LogP contribution in [0.1, 0.15) is 11.3 Å². The van der Waals surface area contributed by atoms with Crippen LogP contribution in [0.15, 0.2) is 40.2 Å². The highest BCUT2D eigenvalue weighted by Crippen LogP contribution is 2.18. The number of amides is 1. The number of halogens is 2. The Morgan fingerprint density at radius 2 is 2.12 bits per heavy atom. The SMILES string of the molecule is O=C(Cc1cc(=O)[nH]c(=S)[nH]1)N/N=C\c1ccccc1OC(F)F. The molecule has 0 aliphatic heterocycles. The summed E-state index contributed by atoms with van der Waals surface area (Å²) in [6, 6.07) is 7.19. The molecular weight excluding hydrogens is 342 g/mol. The van der Waals surface area contributed by atoms with Crippen LogP contribution in [0.25, 0.3) is 0 Å². The van der Waals surface area contributed by atoms with Gasteiger partial charge in [-0.15, -0.1) is 0 Å². The third kappa shape index (κ3) is 5.39. The number of aromatic amines is 2. The number of para-hydroxylation sites is 1. The van der Waals surface area contributed by atoms with Crippen molar-refractivity contribution in [3.05, 3.63) is 56.7 Å². The standard InChI is InChI=1S/C14H12F2N4O3S/c15-13(16)23-10-4-2-1-3-8(10)7-17-20-12(22)6-9-5-11(21)19-14(24)18-9/h1-5,7,13H,6H2,(H,20,22)(H2,18,19,21,24)/b17-7-. The van der Waals surface area contributed by atoms with Gasteiger partial charge in [0.2, 0.25) is 5.91 Å². The molecule has 0 spiro atoms. The number of nitrogens with one attached hydrogen (secondary N) is 3. The first-order valence-corrected chi connectivity index (χ1v) is 7.03. The molecule has 2 rings (SSSR count). The highest BCUT2D eigenvalue weighted by Gasteiger charge is 2.08. The molecule has 1 aromatic heterocycles. The maximum Gasteiger partial charge on any atom is 0.387 e. The minimum Gasteiger partial charge on any atom is -0.434 e. The number of H-pyrrole nitrogens is 2. The molecule has 0 saturated heterocycles. The Balaban J connectivity index is 2.00. The smallest absolute Gasteiger partial charge is 0.387 e. The number of hydrazone groups is 1. The highest BCUT2D eigenvalue weighted by molar-refractivity contribution is 7.71. The largest absolute Gasteiger partial charge is 0.434 e. The van der Waals surface area contributed by atoms with E-state index >= 15 is 0 Å². The van der Waals surface area contributed by atoms with Crippen molar-refractivity contribution in [3.8, 4) is 5.75 Å². The molecule has 0 radical (unpaired) electrons. The van der Waals surface area contributed by atoms with Crippen molar-refractivity contribution in [1.82, 2.24) is 15.4 Å². The summed E-state index contributed by atoms with van der Waals surface area (Å²) < 4.78 is 29.0. The number of carbonyl (C=O) groups is 1. The number of carbonyl (C=O) groups excluding carboxylic acids is 1. The van der Waals surface area contributed by atoms with Crippen molar-refractivity contribution in [3.63, 3.8) is 0 Å². The second-order valence-corrected chi connectivity index (χ2v) is 4.91. The Hall–Kier alpha value is -2.88. The predicted molar refractivity (Wildman–Crippen MR) is 84.8 cm³/mol. The van der Waals surface area contributed by atoms with E-state index < -0.39 is 18.1 Å². The van der Waals surface area contributed by atoms with Crippen LogP contribution >= 0.6 is 12.2 Å². The average Bonchev–Trinajstić information content (AvgIpc) is 2.47. The van der Waals surface area contributed by atoms with Gasteiger partial charge in [0.05, 0.1) is 12.6 Å². The third-order valence-electron chi connectivity index (χ3n) is 2.70. The van der Waals surface area contributed by atoms with Crippen LogP contribution in [0, 0.1) is 4.77 Å². The van der Waals surface area contributed by atoms with Gasteiger partial charge in [0.15, 0.2) is 4.77 Å². The number of benzene rings is 1. The fraction of sp³-hybridized carbons (Fsp3) is 0.143. The van der Waals surface area contributed by atoms with Gasteiger partial charge in [-0.1, -0.05) is 12.1 Å². The molecule has 0 aliphatic rings. The van der Waals surface area contributed by atoms with Gasteiger partial charge in [-0.3, -0.25) is 14.6 Å². The fourth-order valence-electron chi connectivity index (χ4n) is 1.79. The van der Waals surface area contributed by atoms with E-state index in [1.165, 1.54) is 30.5 Å². The minimum absolute atomic E-state index is 0.0656. The molecule has 0 aliphatic carbocycles. The molecule has 24 heavy (non-hydrogen) atoms. The van der Waals surface area contributed by atoms with E-state index in [1.54, 1.807) is 6.07 Å². The number of rotatable bonds is 6. The summed E-state index contributed by atoms with van der Waals surface area (Å²) in [6.07, 6.45) is 1.02. The molecule has 0 fully saturated rings. The number of hydrogen-bond acceptors (Lipinski definition) is 5. The fourth-order valence-corrected chi connectivity index (χ4v) is 2.02. The number of ether oxygens (including phenoxy) is 1. The zero-order chi connectivity index (χ0) is 17.5. The van der Waals surface area contributed by atoms with Gasteiger partial charge in [0.25, 0.3) is 5.56 Å². The molecule has 0 atom stereocenters. The van der Waals surface area contributed by atoms with Crippen molar-refractivity contribution in [2.24, 2.45) is 5.10 Å². The Morgan fingerprint density at radius 1 is 1.38 bits per heavy atom. The average molecular weight is 354 g/mol. The van der Waals surface area contributed by atoms with Gasteiger partial charge in [-0.05, 0) is 24.4 Å². The van der Waals surface area contributed by atoms with Crippen LogP contribution in [-0.2, 0) is 11.2 Å². The van der Waals surface area contributed by atoms with Crippen molar-refractivity contribution < 1.29 is 18.3 Å². The molecule has 3 N–H and O–H groups in total. The summed E-state index contributed by atoms with van der Waals surface area (Å²) in [4.78, 5) is 28.0. The van der Waals surface area contributed by atoms with Crippen LogP contribution in [0.3, 0.4) is 0 Å². The maximum absolute atomic E-state index is 12.3. The zero-order valence-corrected chi connectivity index (χ0v) is 12.9. The van der Waals surface area contributed by atoms with Crippen LogP contribution in [-0.4, -0.2) is 28.7 Å². The van der Waals surface area contributed by atoms with Crippen molar-refractivity contribution in [2.45, 2.75) is 13.0 Å². The number of hydrogen-bond donors (Lipinski definition) is 3. The van der Waals surface area contributed by atoms with E-state index in [-0.39, 0.29) is 22.5 Å². The highest BCUT2D eigenvalue weighted by atomic mass is 32.1. The molecular formula is C14H12F2N4O3S. The van der Waals surface area contributed by atoms with Crippen molar-refractivity contribution in [1.29, 1.82) is 0 Å². The van der Waals surface area contributed by atoms with E-state index in [4.69, 9.17) is 12.2 Å². The van der Waals surface area contributed by atoms with Gasteiger partial charge < -0.3 is 9.72 Å². The van der Waals surface area contributed by atoms with Crippen LogP contribution in [0.5, 0.6) is 5.75 Å². The second kappa shape index (κ2) is 8.11. The summed E-state index contributed by atoms with van der Waals surface area (Å²) >= 11 is 4.79. The van der Waals surface area contributed by atoms with E-state index in [0.29, 0.717) is 5.69 Å². The van der Waals surface area contributed by atoms with Gasteiger partial charge in [-0.25, -0.2) is 5.43 Å². The topological polar surface area (TPSA) is 99.3 Å². The Kier molecular flexibility index (Phi) is 5.90. The molecule has 0 saturated carbocycles. The number of nitrogens with zero attached hydrogens (tertiary/aromatic N) is 1. The van der Waals surface area contributed by atoms with Crippen molar-refractivity contribution in [2.75, 3.05) is 0 Å². The van der Waals surface area contributed by atoms with E-state index in [0.717, 1.165) is 0 Å².